The summed E-state index contributed by atoms with van der Waals surface area (Å²) in [5.74, 6) is 0.726. The fourth-order valence-electron chi connectivity index (χ4n) is 1.66. The number of hydrogen-bond acceptors (Lipinski definition) is 0. The van der Waals surface area contributed by atoms with Gasteiger partial charge in [-0.3, -0.25) is 0 Å². The number of rotatable bonds is 1. The Morgan fingerprint density at radius 3 is 2.45 bits per heavy atom. The molecular formula is C10H17P. The van der Waals surface area contributed by atoms with Gasteiger partial charge in [0.05, 0.1) is 0 Å². The van der Waals surface area contributed by atoms with E-state index in [-0.39, 0.29) is 0 Å². The monoisotopic (exact) mass is 168 g/mol. The van der Waals surface area contributed by atoms with Crippen LogP contribution in [0.1, 0.15) is 33.6 Å². The molecule has 0 fully saturated rings. The highest BCUT2D eigenvalue weighted by Gasteiger charge is 2.10. The van der Waals surface area contributed by atoms with Gasteiger partial charge in [0.15, 0.2) is 0 Å². The van der Waals surface area contributed by atoms with Crippen LogP contribution in [0.5, 0.6) is 0 Å². The molecule has 1 aliphatic carbocycles. The Labute approximate surface area is 72.0 Å². The van der Waals surface area contributed by atoms with Gasteiger partial charge < -0.3 is 0 Å². The van der Waals surface area contributed by atoms with Crippen LogP contribution >= 0.6 is 9.24 Å². The van der Waals surface area contributed by atoms with E-state index in [9.17, 15) is 0 Å². The first-order valence-corrected chi connectivity index (χ1v) is 4.84. The molecule has 0 N–H and O–H groups in total. The molecule has 0 bridgehead atoms. The fraction of sp³-hybridized carbons (Fsp3) is 0.600. The number of allylic oxidation sites excluding steroid dienone is 4. The van der Waals surface area contributed by atoms with Crippen LogP contribution in [0.3, 0.4) is 0 Å². The maximum Gasteiger partial charge on any atom is -0.0242 e. The van der Waals surface area contributed by atoms with E-state index in [4.69, 9.17) is 0 Å². The second-order valence-corrected chi connectivity index (χ2v) is 4.32. The molecule has 0 saturated heterocycles. The van der Waals surface area contributed by atoms with Crippen molar-refractivity contribution in [3.63, 3.8) is 0 Å². The third kappa shape index (κ3) is 2.17. The van der Waals surface area contributed by atoms with Gasteiger partial charge in [-0.1, -0.05) is 36.4 Å². The Morgan fingerprint density at radius 2 is 2.00 bits per heavy atom. The van der Waals surface area contributed by atoms with Crippen molar-refractivity contribution in [1.82, 2.24) is 0 Å². The van der Waals surface area contributed by atoms with Gasteiger partial charge in [0, 0.05) is 0 Å². The Kier molecular flexibility index (Phi) is 2.90. The molecule has 0 aromatic carbocycles. The average molecular weight is 168 g/mol. The summed E-state index contributed by atoms with van der Waals surface area (Å²) in [6.07, 6.45) is 4.79. The normalized spacial score (nSPS) is 19.2. The molecule has 0 aliphatic heterocycles. The Bertz CT molecular complexity index is 209. The van der Waals surface area contributed by atoms with Crippen LogP contribution in [-0.4, -0.2) is 0 Å². The van der Waals surface area contributed by atoms with Crippen LogP contribution in [0, 0.1) is 5.92 Å². The highest BCUT2D eigenvalue weighted by atomic mass is 31.0. The summed E-state index contributed by atoms with van der Waals surface area (Å²) in [4.78, 5) is 0. The maximum atomic E-state index is 2.80. The lowest BCUT2D eigenvalue weighted by molar-refractivity contribution is 0.697. The topological polar surface area (TPSA) is 0 Å². The van der Waals surface area contributed by atoms with Gasteiger partial charge in [-0.15, -0.1) is 9.24 Å². The molecule has 0 radical (unpaired) electrons. The lowest BCUT2D eigenvalue weighted by Gasteiger charge is -2.19. The van der Waals surface area contributed by atoms with Gasteiger partial charge in [0.2, 0.25) is 0 Å². The van der Waals surface area contributed by atoms with Gasteiger partial charge in [-0.05, 0) is 25.7 Å². The van der Waals surface area contributed by atoms with Gasteiger partial charge in [0.25, 0.3) is 0 Å². The molecule has 62 valence electrons. The Hall–Kier alpha value is -0.0900. The van der Waals surface area contributed by atoms with E-state index < -0.39 is 0 Å². The molecule has 1 unspecified atom stereocenters. The molecule has 1 atom stereocenters. The van der Waals surface area contributed by atoms with Crippen LogP contribution in [0.4, 0.5) is 0 Å². The van der Waals surface area contributed by atoms with E-state index in [2.05, 4.69) is 36.1 Å². The van der Waals surface area contributed by atoms with E-state index in [1.807, 2.05) is 0 Å². The maximum absolute atomic E-state index is 2.80. The van der Waals surface area contributed by atoms with E-state index in [1.165, 1.54) is 23.7 Å². The van der Waals surface area contributed by atoms with E-state index in [0.29, 0.717) is 0 Å². The molecule has 0 aromatic heterocycles. The zero-order valence-corrected chi connectivity index (χ0v) is 8.80. The highest BCUT2D eigenvalue weighted by molar-refractivity contribution is 7.22. The summed E-state index contributed by atoms with van der Waals surface area (Å²) < 4.78 is 0. The summed E-state index contributed by atoms with van der Waals surface area (Å²) in [5, 5.41) is 1.45. The van der Waals surface area contributed by atoms with Crippen molar-refractivity contribution in [3.05, 3.63) is 22.5 Å². The quantitative estimate of drug-likeness (QED) is 0.525. The molecule has 0 nitrogen and oxygen atoms in total. The molecule has 0 spiro atoms. The minimum Gasteiger partial charge on any atom is -0.110 e. The second kappa shape index (κ2) is 3.54. The molecule has 1 heteroatoms. The van der Waals surface area contributed by atoms with Crippen LogP contribution in [0.15, 0.2) is 22.5 Å². The van der Waals surface area contributed by atoms with Crippen molar-refractivity contribution >= 4 is 9.24 Å². The average Bonchev–Trinajstić information content (AvgIpc) is 1.85. The summed E-state index contributed by atoms with van der Waals surface area (Å²) in [7, 11) is 2.80. The first-order chi connectivity index (χ1) is 5.11. The molecule has 0 heterocycles. The Balaban J connectivity index is 2.86. The second-order valence-electron chi connectivity index (χ2n) is 3.58. The predicted molar refractivity (Wildman–Crippen MR) is 54.6 cm³/mol. The van der Waals surface area contributed by atoms with Gasteiger partial charge >= 0.3 is 0 Å². The first-order valence-electron chi connectivity index (χ1n) is 4.27. The molecule has 11 heavy (non-hydrogen) atoms. The van der Waals surface area contributed by atoms with Crippen LogP contribution in [0.2, 0.25) is 0 Å². The SMILES string of the molecule is CC1=C(C(C)C)CCC(P)=C1. The molecule has 0 amide bonds. The van der Waals surface area contributed by atoms with Crippen molar-refractivity contribution in [1.29, 1.82) is 0 Å². The van der Waals surface area contributed by atoms with Gasteiger partial charge in [-0.25, -0.2) is 0 Å². The zero-order valence-electron chi connectivity index (χ0n) is 7.65. The van der Waals surface area contributed by atoms with E-state index in [1.54, 1.807) is 5.57 Å². The summed E-state index contributed by atoms with van der Waals surface area (Å²) in [6, 6.07) is 0. The standard InChI is InChI=1S/C10H17P/c1-7(2)10-5-4-9(11)6-8(10)3/h6-7H,4-5,11H2,1-3H3. The molecular weight excluding hydrogens is 151 g/mol. The third-order valence-corrected chi connectivity index (χ3v) is 2.74. The summed E-state index contributed by atoms with van der Waals surface area (Å²) >= 11 is 0. The first kappa shape index (κ1) is 9.00. The van der Waals surface area contributed by atoms with Crippen molar-refractivity contribution in [2.24, 2.45) is 5.92 Å². The van der Waals surface area contributed by atoms with Crippen LogP contribution in [-0.2, 0) is 0 Å². The third-order valence-electron chi connectivity index (χ3n) is 2.29. The van der Waals surface area contributed by atoms with Crippen LogP contribution < -0.4 is 0 Å². The molecule has 1 aliphatic rings. The predicted octanol–water partition coefficient (Wildman–Crippen LogP) is 3.51. The molecule has 1 rings (SSSR count). The van der Waals surface area contributed by atoms with Crippen molar-refractivity contribution in [2.75, 3.05) is 0 Å². The Morgan fingerprint density at radius 1 is 1.36 bits per heavy atom. The minimum atomic E-state index is 0.726. The van der Waals surface area contributed by atoms with Crippen molar-refractivity contribution in [3.8, 4) is 0 Å². The van der Waals surface area contributed by atoms with Gasteiger partial charge in [-0.2, -0.15) is 0 Å². The lowest BCUT2D eigenvalue weighted by atomic mass is 9.90. The molecule has 0 aromatic rings. The lowest BCUT2D eigenvalue weighted by Crippen LogP contribution is -2.01. The van der Waals surface area contributed by atoms with Crippen molar-refractivity contribution in [2.45, 2.75) is 33.6 Å². The van der Waals surface area contributed by atoms with Crippen LogP contribution in [0.25, 0.3) is 0 Å². The van der Waals surface area contributed by atoms with Gasteiger partial charge in [0.1, 0.15) is 0 Å². The largest absolute Gasteiger partial charge is 0.110 e. The zero-order chi connectivity index (χ0) is 8.43. The molecule has 0 saturated carbocycles. The summed E-state index contributed by atoms with van der Waals surface area (Å²) in [6.45, 7) is 6.78. The minimum absolute atomic E-state index is 0.726. The highest BCUT2D eigenvalue weighted by Crippen LogP contribution is 2.31. The van der Waals surface area contributed by atoms with E-state index in [0.717, 1.165) is 5.92 Å². The fourth-order valence-corrected chi connectivity index (χ4v) is 2.06. The number of hydrogen-bond donors (Lipinski definition) is 0. The summed E-state index contributed by atoms with van der Waals surface area (Å²) in [5.41, 5.74) is 3.12. The smallest absolute Gasteiger partial charge is 0.0242 e. The van der Waals surface area contributed by atoms with E-state index >= 15 is 0 Å². The van der Waals surface area contributed by atoms with Crippen molar-refractivity contribution < 1.29 is 0 Å².